The van der Waals surface area contributed by atoms with Crippen molar-refractivity contribution in [1.29, 1.82) is 0 Å². The third-order valence-electron chi connectivity index (χ3n) is 3.14. The lowest BCUT2D eigenvalue weighted by Crippen LogP contribution is -2.10. The lowest BCUT2D eigenvalue weighted by molar-refractivity contribution is 0.0698. The number of nitrogens with two attached hydrogens (primary N) is 1. The molecule has 5 nitrogen and oxygen atoms in total. The van der Waals surface area contributed by atoms with Crippen LogP contribution in [0, 0.1) is 0 Å². The van der Waals surface area contributed by atoms with Gasteiger partial charge in [0.2, 0.25) is 0 Å². The molecule has 0 aliphatic heterocycles. The molecule has 110 valence electrons. The van der Waals surface area contributed by atoms with Crippen LogP contribution in [0.15, 0.2) is 42.5 Å². The topological polar surface area (TPSA) is 84.6 Å². The molecule has 0 bridgehead atoms. The number of anilines is 2. The monoisotopic (exact) mass is 286 g/mol. The number of hydrogen-bond acceptors (Lipinski definition) is 4. The average molecular weight is 286 g/mol. The minimum absolute atomic E-state index is 0.181. The van der Waals surface area contributed by atoms with E-state index in [1.807, 2.05) is 24.3 Å². The molecule has 0 saturated carbocycles. The van der Waals surface area contributed by atoms with Gasteiger partial charge in [-0.3, -0.25) is 0 Å². The number of ether oxygens (including phenoxy) is 1. The number of rotatable bonds is 6. The van der Waals surface area contributed by atoms with Gasteiger partial charge in [-0.1, -0.05) is 12.1 Å². The number of carboxylic acid groups (broad SMARTS) is 1. The van der Waals surface area contributed by atoms with Crippen LogP contribution in [0.1, 0.15) is 15.9 Å². The lowest BCUT2D eigenvalue weighted by atomic mass is 10.1. The van der Waals surface area contributed by atoms with E-state index in [0.717, 1.165) is 17.7 Å². The van der Waals surface area contributed by atoms with Crippen molar-refractivity contribution in [2.45, 2.75) is 6.42 Å². The standard InChI is InChI=1S/C16H18N2O3/c1-21-13-4-2-3-11(9-13)7-8-18-15-6-5-12(17)10-14(15)16(19)20/h2-6,9-10,18H,7-8,17H2,1H3,(H,19,20). The molecule has 0 aliphatic rings. The first kappa shape index (κ1) is 14.7. The summed E-state index contributed by atoms with van der Waals surface area (Å²) in [5, 5.41) is 12.3. The SMILES string of the molecule is COc1cccc(CCNc2ccc(N)cc2C(=O)O)c1. The van der Waals surface area contributed by atoms with Crippen molar-refractivity contribution in [3.8, 4) is 5.75 Å². The highest BCUT2D eigenvalue weighted by Gasteiger charge is 2.09. The van der Waals surface area contributed by atoms with Crippen LogP contribution in [0.4, 0.5) is 11.4 Å². The van der Waals surface area contributed by atoms with E-state index in [1.165, 1.54) is 6.07 Å². The van der Waals surface area contributed by atoms with Crippen molar-refractivity contribution in [2.24, 2.45) is 0 Å². The Morgan fingerprint density at radius 1 is 1.29 bits per heavy atom. The molecule has 0 amide bonds. The summed E-state index contributed by atoms with van der Waals surface area (Å²) in [5.41, 5.74) is 7.92. The van der Waals surface area contributed by atoms with E-state index in [9.17, 15) is 4.79 Å². The predicted octanol–water partition coefficient (Wildman–Crippen LogP) is 2.63. The van der Waals surface area contributed by atoms with Gasteiger partial charge in [0, 0.05) is 17.9 Å². The van der Waals surface area contributed by atoms with Crippen molar-refractivity contribution in [2.75, 3.05) is 24.7 Å². The van der Waals surface area contributed by atoms with E-state index in [4.69, 9.17) is 15.6 Å². The molecule has 0 aromatic heterocycles. The van der Waals surface area contributed by atoms with E-state index < -0.39 is 5.97 Å². The lowest BCUT2D eigenvalue weighted by Gasteiger charge is -2.10. The minimum Gasteiger partial charge on any atom is -0.497 e. The molecule has 0 saturated heterocycles. The summed E-state index contributed by atoms with van der Waals surface area (Å²) >= 11 is 0. The van der Waals surface area contributed by atoms with Gasteiger partial charge in [-0.15, -0.1) is 0 Å². The summed E-state index contributed by atoms with van der Waals surface area (Å²) < 4.78 is 5.17. The maximum atomic E-state index is 11.2. The molecule has 0 fully saturated rings. The van der Waals surface area contributed by atoms with Gasteiger partial charge in [-0.2, -0.15) is 0 Å². The zero-order valence-corrected chi connectivity index (χ0v) is 11.8. The van der Waals surface area contributed by atoms with Crippen molar-refractivity contribution >= 4 is 17.3 Å². The Labute approximate surface area is 123 Å². The molecular formula is C16H18N2O3. The van der Waals surface area contributed by atoms with Crippen molar-refractivity contribution in [1.82, 2.24) is 0 Å². The third kappa shape index (κ3) is 3.89. The number of nitrogens with one attached hydrogen (secondary N) is 1. The van der Waals surface area contributed by atoms with Crippen LogP contribution in [-0.2, 0) is 6.42 Å². The molecule has 0 radical (unpaired) electrons. The first-order chi connectivity index (χ1) is 10.1. The second-order valence-corrected chi connectivity index (χ2v) is 4.64. The van der Waals surface area contributed by atoms with E-state index in [2.05, 4.69) is 5.32 Å². The van der Waals surface area contributed by atoms with Gasteiger partial charge in [0.1, 0.15) is 5.75 Å². The zero-order chi connectivity index (χ0) is 15.2. The molecule has 0 aliphatic carbocycles. The Bertz CT molecular complexity index is 641. The number of carboxylic acids is 1. The Hall–Kier alpha value is -2.69. The number of benzene rings is 2. The van der Waals surface area contributed by atoms with Crippen LogP contribution in [0.3, 0.4) is 0 Å². The zero-order valence-electron chi connectivity index (χ0n) is 11.8. The molecule has 2 aromatic carbocycles. The number of nitrogen functional groups attached to an aromatic ring is 1. The molecule has 0 spiro atoms. The van der Waals surface area contributed by atoms with Crippen LogP contribution in [-0.4, -0.2) is 24.7 Å². The third-order valence-corrected chi connectivity index (χ3v) is 3.14. The highest BCUT2D eigenvalue weighted by atomic mass is 16.5. The van der Waals surface area contributed by atoms with Crippen LogP contribution in [0.5, 0.6) is 5.75 Å². The number of carbonyl (C=O) groups is 1. The Balaban J connectivity index is 2.01. The van der Waals surface area contributed by atoms with Crippen LogP contribution < -0.4 is 15.8 Å². The molecule has 2 rings (SSSR count). The molecule has 4 N–H and O–H groups in total. The fourth-order valence-corrected chi connectivity index (χ4v) is 2.06. The molecular weight excluding hydrogens is 268 g/mol. The van der Waals surface area contributed by atoms with Gasteiger partial charge < -0.3 is 20.9 Å². The smallest absolute Gasteiger partial charge is 0.337 e. The van der Waals surface area contributed by atoms with Crippen LogP contribution >= 0.6 is 0 Å². The van der Waals surface area contributed by atoms with Gasteiger partial charge in [0.05, 0.1) is 12.7 Å². The summed E-state index contributed by atoms with van der Waals surface area (Å²) in [6, 6.07) is 12.6. The highest BCUT2D eigenvalue weighted by Crippen LogP contribution is 2.19. The van der Waals surface area contributed by atoms with Gasteiger partial charge in [0.15, 0.2) is 0 Å². The Morgan fingerprint density at radius 3 is 2.81 bits per heavy atom. The molecule has 5 heteroatoms. The maximum Gasteiger partial charge on any atom is 0.337 e. The fraction of sp³-hybridized carbons (Fsp3) is 0.188. The highest BCUT2D eigenvalue weighted by molar-refractivity contribution is 5.95. The van der Waals surface area contributed by atoms with Crippen LogP contribution in [0.25, 0.3) is 0 Å². The molecule has 0 atom stereocenters. The van der Waals surface area contributed by atoms with E-state index in [0.29, 0.717) is 17.9 Å². The normalized spacial score (nSPS) is 10.1. The van der Waals surface area contributed by atoms with Crippen LogP contribution in [0.2, 0.25) is 0 Å². The van der Waals surface area contributed by atoms with Crippen molar-refractivity contribution in [3.63, 3.8) is 0 Å². The molecule has 2 aromatic rings. The van der Waals surface area contributed by atoms with Gasteiger partial charge >= 0.3 is 5.97 Å². The summed E-state index contributed by atoms with van der Waals surface area (Å²) in [6.45, 7) is 0.622. The second-order valence-electron chi connectivity index (χ2n) is 4.64. The average Bonchev–Trinajstić information content (AvgIpc) is 2.48. The van der Waals surface area contributed by atoms with E-state index >= 15 is 0 Å². The summed E-state index contributed by atoms with van der Waals surface area (Å²) in [6.07, 6.45) is 0.765. The van der Waals surface area contributed by atoms with E-state index in [-0.39, 0.29) is 5.56 Å². The van der Waals surface area contributed by atoms with Gasteiger partial charge in [-0.05, 0) is 42.3 Å². The molecule has 21 heavy (non-hydrogen) atoms. The maximum absolute atomic E-state index is 11.2. The number of methoxy groups -OCH3 is 1. The first-order valence-electron chi connectivity index (χ1n) is 6.60. The fourth-order valence-electron chi connectivity index (χ4n) is 2.06. The quantitative estimate of drug-likeness (QED) is 0.711. The number of aromatic carboxylic acids is 1. The van der Waals surface area contributed by atoms with Crippen molar-refractivity contribution in [3.05, 3.63) is 53.6 Å². The van der Waals surface area contributed by atoms with E-state index in [1.54, 1.807) is 19.2 Å². The number of hydrogen-bond donors (Lipinski definition) is 3. The second kappa shape index (κ2) is 6.65. The molecule has 0 heterocycles. The largest absolute Gasteiger partial charge is 0.497 e. The Morgan fingerprint density at radius 2 is 2.10 bits per heavy atom. The summed E-state index contributed by atoms with van der Waals surface area (Å²) in [5.74, 6) is -0.183. The van der Waals surface area contributed by atoms with Crippen molar-refractivity contribution < 1.29 is 14.6 Å². The first-order valence-corrected chi connectivity index (χ1v) is 6.60. The predicted molar refractivity (Wildman–Crippen MR) is 83.0 cm³/mol. The minimum atomic E-state index is -0.994. The molecule has 0 unspecified atom stereocenters. The van der Waals surface area contributed by atoms with Gasteiger partial charge in [-0.25, -0.2) is 4.79 Å². The Kier molecular flexibility index (Phi) is 4.66. The summed E-state index contributed by atoms with van der Waals surface area (Å²) in [7, 11) is 1.63. The summed E-state index contributed by atoms with van der Waals surface area (Å²) in [4.78, 5) is 11.2. The van der Waals surface area contributed by atoms with Gasteiger partial charge in [0.25, 0.3) is 0 Å².